The van der Waals surface area contributed by atoms with Crippen LogP contribution in [0, 0.1) is 5.92 Å². The van der Waals surface area contributed by atoms with E-state index in [0.29, 0.717) is 6.61 Å². The summed E-state index contributed by atoms with van der Waals surface area (Å²) in [5.41, 5.74) is 2.02. The average molecular weight is 220 g/mol. The Labute approximate surface area is 95.3 Å². The monoisotopic (exact) mass is 220 g/mol. The molecule has 0 aromatic heterocycles. The molecule has 0 aliphatic carbocycles. The normalized spacial score (nSPS) is 24.8. The minimum Gasteiger partial charge on any atom is -0.497 e. The number of ether oxygens (including phenoxy) is 2. The molecule has 1 heterocycles. The van der Waals surface area contributed by atoms with Crippen LogP contribution in [0.25, 0.3) is 0 Å². The van der Waals surface area contributed by atoms with Crippen molar-refractivity contribution in [3.63, 3.8) is 0 Å². The van der Waals surface area contributed by atoms with E-state index in [1.54, 1.807) is 7.11 Å². The Morgan fingerprint density at radius 3 is 2.69 bits per heavy atom. The van der Waals surface area contributed by atoms with Crippen LogP contribution in [0.5, 0.6) is 5.75 Å². The molecule has 3 heteroatoms. The van der Waals surface area contributed by atoms with Gasteiger partial charge in [0.15, 0.2) is 0 Å². The second-order valence-corrected chi connectivity index (χ2v) is 3.95. The Morgan fingerprint density at radius 2 is 2.12 bits per heavy atom. The predicted molar refractivity (Wildman–Crippen MR) is 61.4 cm³/mol. The van der Waals surface area contributed by atoms with Crippen LogP contribution >= 0.6 is 0 Å². The quantitative estimate of drug-likeness (QED) is 0.791. The van der Waals surface area contributed by atoms with E-state index >= 15 is 0 Å². The molecule has 0 radical (unpaired) electrons. The molecule has 0 saturated carbocycles. The van der Waals surface area contributed by atoms with Gasteiger partial charge in [-0.2, -0.15) is 0 Å². The van der Waals surface area contributed by atoms with Crippen LogP contribution in [0.4, 0.5) is 0 Å². The molecule has 16 heavy (non-hydrogen) atoms. The van der Waals surface area contributed by atoms with Crippen LogP contribution < -0.4 is 4.74 Å². The van der Waals surface area contributed by atoms with Crippen LogP contribution in [0.3, 0.4) is 0 Å². The van der Waals surface area contributed by atoms with E-state index in [4.69, 9.17) is 9.47 Å². The van der Waals surface area contributed by atoms with Gasteiger partial charge in [-0.25, -0.2) is 0 Å². The third-order valence-corrected chi connectivity index (χ3v) is 2.98. The van der Waals surface area contributed by atoms with E-state index in [-0.39, 0.29) is 18.6 Å². The molecule has 2 unspecified atom stereocenters. The Morgan fingerprint density at radius 1 is 1.44 bits per heavy atom. The van der Waals surface area contributed by atoms with Gasteiger partial charge in [0, 0.05) is 5.92 Å². The first-order valence-electron chi connectivity index (χ1n) is 5.30. The number of methoxy groups -OCH3 is 1. The Bertz CT molecular complexity index is 369. The van der Waals surface area contributed by atoms with Gasteiger partial charge in [-0.15, -0.1) is 0 Å². The lowest BCUT2D eigenvalue weighted by molar-refractivity contribution is 0.0721. The van der Waals surface area contributed by atoms with Crippen LogP contribution in [0.2, 0.25) is 0 Å². The van der Waals surface area contributed by atoms with Crippen molar-refractivity contribution in [2.24, 2.45) is 5.92 Å². The molecule has 1 fully saturated rings. The van der Waals surface area contributed by atoms with Crippen molar-refractivity contribution in [2.45, 2.75) is 6.10 Å². The molecule has 2 atom stereocenters. The third kappa shape index (κ3) is 1.96. The summed E-state index contributed by atoms with van der Waals surface area (Å²) in [6, 6.07) is 7.72. The van der Waals surface area contributed by atoms with E-state index in [1.807, 2.05) is 24.3 Å². The predicted octanol–water partition coefficient (Wildman–Crippen LogP) is 1.93. The van der Waals surface area contributed by atoms with Crippen LogP contribution in [0.1, 0.15) is 11.7 Å². The van der Waals surface area contributed by atoms with E-state index in [0.717, 1.165) is 16.9 Å². The first-order chi connectivity index (χ1) is 7.76. The van der Waals surface area contributed by atoms with Gasteiger partial charge in [0.25, 0.3) is 0 Å². The van der Waals surface area contributed by atoms with E-state index in [9.17, 15) is 5.11 Å². The first-order valence-corrected chi connectivity index (χ1v) is 5.30. The smallest absolute Gasteiger partial charge is 0.118 e. The van der Waals surface area contributed by atoms with Crippen molar-refractivity contribution >= 4 is 0 Å². The summed E-state index contributed by atoms with van der Waals surface area (Å²) < 4.78 is 10.7. The average Bonchev–Trinajstić information content (AvgIpc) is 2.70. The lowest BCUT2D eigenvalue weighted by Gasteiger charge is -2.17. The van der Waals surface area contributed by atoms with Gasteiger partial charge in [-0.1, -0.05) is 18.7 Å². The molecule has 0 bridgehead atoms. The fourth-order valence-electron chi connectivity index (χ4n) is 1.98. The number of rotatable bonds is 3. The molecular weight excluding hydrogens is 204 g/mol. The number of hydrogen-bond acceptors (Lipinski definition) is 3. The van der Waals surface area contributed by atoms with Crippen molar-refractivity contribution in [3.8, 4) is 5.75 Å². The van der Waals surface area contributed by atoms with Crippen LogP contribution in [-0.4, -0.2) is 25.4 Å². The van der Waals surface area contributed by atoms with Crippen LogP contribution in [-0.2, 0) is 4.74 Å². The highest BCUT2D eigenvalue weighted by Gasteiger charge is 2.31. The van der Waals surface area contributed by atoms with Gasteiger partial charge in [-0.3, -0.25) is 0 Å². The molecule has 0 spiro atoms. The largest absolute Gasteiger partial charge is 0.497 e. The molecular formula is C13H16O3. The van der Waals surface area contributed by atoms with E-state index in [1.165, 1.54) is 0 Å². The zero-order chi connectivity index (χ0) is 11.5. The molecule has 1 aromatic carbocycles. The Balaban J connectivity index is 2.20. The second kappa shape index (κ2) is 4.68. The minimum absolute atomic E-state index is 0.00777. The van der Waals surface area contributed by atoms with Gasteiger partial charge in [0.2, 0.25) is 0 Å². The summed E-state index contributed by atoms with van der Waals surface area (Å²) in [6.45, 7) is 4.51. The topological polar surface area (TPSA) is 38.7 Å². The highest BCUT2D eigenvalue weighted by Crippen LogP contribution is 2.37. The summed E-state index contributed by atoms with van der Waals surface area (Å²) in [5, 5.41) is 9.30. The molecule has 1 aromatic rings. The summed E-state index contributed by atoms with van der Waals surface area (Å²) in [5.74, 6) is 0.828. The fourth-order valence-corrected chi connectivity index (χ4v) is 1.98. The molecule has 1 aliphatic heterocycles. The van der Waals surface area contributed by atoms with Gasteiger partial charge >= 0.3 is 0 Å². The van der Waals surface area contributed by atoms with E-state index < -0.39 is 0 Å². The summed E-state index contributed by atoms with van der Waals surface area (Å²) >= 11 is 0. The molecule has 86 valence electrons. The summed E-state index contributed by atoms with van der Waals surface area (Å²) in [6.07, 6.45) is -0.0802. The zero-order valence-corrected chi connectivity index (χ0v) is 9.35. The standard InChI is InChI=1S/C13H16O3/c1-9-8-16-13(12(9)7-14)10-3-5-11(15-2)6-4-10/h3-6,12-14H,1,7-8H2,2H3. The van der Waals surface area contributed by atoms with Gasteiger partial charge in [0.1, 0.15) is 5.75 Å². The molecule has 2 rings (SSSR count). The lowest BCUT2D eigenvalue weighted by Crippen LogP contribution is -2.12. The van der Waals surface area contributed by atoms with E-state index in [2.05, 4.69) is 6.58 Å². The third-order valence-electron chi connectivity index (χ3n) is 2.98. The van der Waals surface area contributed by atoms with Crippen molar-refractivity contribution in [1.82, 2.24) is 0 Å². The van der Waals surface area contributed by atoms with Crippen molar-refractivity contribution in [1.29, 1.82) is 0 Å². The van der Waals surface area contributed by atoms with Crippen molar-refractivity contribution < 1.29 is 14.6 Å². The number of aliphatic hydroxyl groups excluding tert-OH is 1. The number of hydrogen-bond donors (Lipinski definition) is 1. The fraction of sp³-hybridized carbons (Fsp3) is 0.385. The molecule has 1 aliphatic rings. The van der Waals surface area contributed by atoms with Gasteiger partial charge < -0.3 is 14.6 Å². The van der Waals surface area contributed by atoms with Crippen molar-refractivity contribution in [3.05, 3.63) is 42.0 Å². The SMILES string of the molecule is C=C1COC(c2ccc(OC)cc2)C1CO. The molecule has 1 N–H and O–H groups in total. The highest BCUT2D eigenvalue weighted by atomic mass is 16.5. The van der Waals surface area contributed by atoms with Crippen LogP contribution in [0.15, 0.2) is 36.4 Å². The summed E-state index contributed by atoms with van der Waals surface area (Å²) in [4.78, 5) is 0. The summed E-state index contributed by atoms with van der Waals surface area (Å²) in [7, 11) is 1.64. The number of aliphatic hydroxyl groups is 1. The molecule has 3 nitrogen and oxygen atoms in total. The maximum absolute atomic E-state index is 9.30. The number of benzene rings is 1. The lowest BCUT2D eigenvalue weighted by atomic mass is 9.93. The second-order valence-electron chi connectivity index (χ2n) is 3.95. The molecule has 1 saturated heterocycles. The minimum atomic E-state index is -0.0802. The van der Waals surface area contributed by atoms with Gasteiger partial charge in [-0.05, 0) is 23.3 Å². The van der Waals surface area contributed by atoms with Gasteiger partial charge in [0.05, 0.1) is 26.4 Å². The highest BCUT2D eigenvalue weighted by molar-refractivity contribution is 5.31. The Kier molecular flexibility index (Phi) is 3.27. The first kappa shape index (κ1) is 11.2. The maximum atomic E-state index is 9.30. The zero-order valence-electron chi connectivity index (χ0n) is 9.35. The Hall–Kier alpha value is -1.32. The molecule has 0 amide bonds. The van der Waals surface area contributed by atoms with Crippen molar-refractivity contribution in [2.75, 3.05) is 20.3 Å². The maximum Gasteiger partial charge on any atom is 0.118 e.